The highest BCUT2D eigenvalue weighted by atomic mass is 32.2. The van der Waals surface area contributed by atoms with Gasteiger partial charge in [-0.1, -0.05) is 36.0 Å². The van der Waals surface area contributed by atoms with Crippen molar-refractivity contribution >= 4 is 28.8 Å². The minimum atomic E-state index is -0.676. The molecule has 1 aromatic carbocycles. The van der Waals surface area contributed by atoms with Crippen LogP contribution in [0.3, 0.4) is 0 Å². The van der Waals surface area contributed by atoms with Crippen LogP contribution in [0.5, 0.6) is 5.75 Å². The van der Waals surface area contributed by atoms with Crippen molar-refractivity contribution in [1.29, 1.82) is 0 Å². The number of allylic oxidation sites excluding steroid dienone is 1. The molecular formula is C27H30N4O4S. The molecule has 2 aromatic rings. The van der Waals surface area contributed by atoms with E-state index in [0.717, 1.165) is 16.8 Å². The summed E-state index contributed by atoms with van der Waals surface area (Å²) >= 11 is 1.43. The number of hydrogen-bond donors (Lipinski definition) is 1. The van der Waals surface area contributed by atoms with Gasteiger partial charge in [-0.3, -0.25) is 9.78 Å². The molecule has 0 fully saturated rings. The highest BCUT2D eigenvalue weighted by Crippen LogP contribution is 2.47. The van der Waals surface area contributed by atoms with Gasteiger partial charge in [0.2, 0.25) is 5.91 Å². The Kier molecular flexibility index (Phi) is 7.49. The Bertz CT molecular complexity index is 1250. The Morgan fingerprint density at radius 1 is 1.17 bits per heavy atom. The molecule has 0 saturated heterocycles. The molecule has 36 heavy (non-hydrogen) atoms. The van der Waals surface area contributed by atoms with Crippen LogP contribution in [0, 0.1) is 0 Å². The van der Waals surface area contributed by atoms with E-state index >= 15 is 0 Å². The molecule has 2 aliphatic rings. The van der Waals surface area contributed by atoms with Crippen molar-refractivity contribution in [2.24, 2.45) is 4.99 Å². The minimum Gasteiger partial charge on any atom is -0.496 e. The third-order valence-electron chi connectivity index (χ3n) is 5.61. The highest BCUT2D eigenvalue weighted by molar-refractivity contribution is 8.16. The number of hydrogen-bond acceptors (Lipinski definition) is 8. The predicted octanol–water partition coefficient (Wildman–Crippen LogP) is 4.71. The SMILES string of the molecule is COc1ccccc1[C@@H]1C(C(=O)OC(C)(C)C)=C(C)N=C2SC=C(CC(=O)NCc3cccnc3)N21. The van der Waals surface area contributed by atoms with E-state index in [1.807, 2.05) is 74.4 Å². The molecule has 3 heterocycles. The van der Waals surface area contributed by atoms with Crippen LogP contribution in [-0.4, -0.2) is 39.6 Å². The number of aromatic nitrogens is 1. The van der Waals surface area contributed by atoms with Gasteiger partial charge in [0.15, 0.2) is 5.17 Å². The number of aliphatic imine (C=N–C) groups is 1. The van der Waals surface area contributed by atoms with E-state index in [1.165, 1.54) is 11.8 Å². The Morgan fingerprint density at radius 3 is 2.64 bits per heavy atom. The fraction of sp³-hybridized carbons (Fsp3) is 0.333. The summed E-state index contributed by atoms with van der Waals surface area (Å²) in [5.74, 6) is 0.0432. The monoisotopic (exact) mass is 506 g/mol. The molecule has 1 atom stereocenters. The first-order chi connectivity index (χ1) is 17.2. The molecule has 8 nitrogen and oxygen atoms in total. The summed E-state index contributed by atoms with van der Waals surface area (Å²) in [4.78, 5) is 37.1. The average molecular weight is 507 g/mol. The van der Waals surface area contributed by atoms with Crippen molar-refractivity contribution in [1.82, 2.24) is 15.2 Å². The number of fused-ring (bicyclic) bond motifs is 1. The van der Waals surface area contributed by atoms with Crippen LogP contribution in [0.15, 0.2) is 76.2 Å². The molecule has 1 amide bonds. The molecule has 1 N–H and O–H groups in total. The summed E-state index contributed by atoms with van der Waals surface area (Å²) in [7, 11) is 1.60. The largest absolute Gasteiger partial charge is 0.496 e. The Hall–Kier alpha value is -3.59. The number of ether oxygens (including phenoxy) is 2. The average Bonchev–Trinajstić information content (AvgIpc) is 3.23. The number of rotatable bonds is 7. The lowest BCUT2D eigenvalue weighted by Crippen LogP contribution is -2.39. The number of nitrogens with one attached hydrogen (secondary N) is 1. The zero-order valence-electron chi connectivity index (χ0n) is 21.1. The van der Waals surface area contributed by atoms with E-state index < -0.39 is 17.6 Å². The number of amidine groups is 1. The van der Waals surface area contributed by atoms with Gasteiger partial charge in [0, 0.05) is 30.2 Å². The number of esters is 1. The molecule has 2 aliphatic heterocycles. The van der Waals surface area contributed by atoms with Crippen LogP contribution < -0.4 is 10.1 Å². The third-order valence-corrected chi connectivity index (χ3v) is 6.50. The highest BCUT2D eigenvalue weighted by Gasteiger charge is 2.42. The molecule has 9 heteroatoms. The van der Waals surface area contributed by atoms with E-state index in [0.29, 0.717) is 28.7 Å². The van der Waals surface area contributed by atoms with E-state index in [4.69, 9.17) is 14.5 Å². The summed E-state index contributed by atoms with van der Waals surface area (Å²) in [6, 6.07) is 10.7. The number of carbonyl (C=O) groups excluding carboxylic acids is 2. The van der Waals surface area contributed by atoms with Gasteiger partial charge in [0.1, 0.15) is 11.4 Å². The standard InChI is InChI=1S/C27H30N4O4S/c1-17-23(25(33)35-27(2,3)4)24(20-10-6-7-11-21(20)34-5)31-19(16-36-26(31)30-17)13-22(32)29-15-18-9-8-12-28-14-18/h6-12,14,16,24H,13,15H2,1-5H3,(H,29,32)/t24-/m1/s1. The quantitative estimate of drug-likeness (QED) is 0.544. The lowest BCUT2D eigenvalue weighted by atomic mass is 9.93. The van der Waals surface area contributed by atoms with Gasteiger partial charge in [-0.25, -0.2) is 9.79 Å². The summed E-state index contributed by atoms with van der Waals surface area (Å²) in [6.45, 7) is 7.69. The fourth-order valence-corrected chi connectivity index (χ4v) is 5.04. The summed E-state index contributed by atoms with van der Waals surface area (Å²) in [6.07, 6.45) is 3.54. The number of nitrogens with zero attached hydrogens (tertiary/aromatic N) is 3. The fourth-order valence-electron chi connectivity index (χ4n) is 4.08. The zero-order valence-corrected chi connectivity index (χ0v) is 21.9. The van der Waals surface area contributed by atoms with Gasteiger partial charge in [-0.15, -0.1) is 0 Å². The van der Waals surface area contributed by atoms with Gasteiger partial charge < -0.3 is 19.7 Å². The van der Waals surface area contributed by atoms with Crippen molar-refractivity contribution in [3.8, 4) is 5.75 Å². The van der Waals surface area contributed by atoms with Crippen LogP contribution >= 0.6 is 11.8 Å². The van der Waals surface area contributed by atoms with Gasteiger partial charge in [0.25, 0.3) is 0 Å². The molecule has 0 unspecified atom stereocenters. The maximum atomic E-state index is 13.5. The van der Waals surface area contributed by atoms with Crippen molar-refractivity contribution in [2.75, 3.05) is 7.11 Å². The molecule has 0 bridgehead atoms. The number of methoxy groups -OCH3 is 1. The van der Waals surface area contributed by atoms with Gasteiger partial charge in [-0.2, -0.15) is 0 Å². The number of para-hydroxylation sites is 1. The van der Waals surface area contributed by atoms with Crippen LogP contribution in [0.4, 0.5) is 0 Å². The zero-order chi connectivity index (χ0) is 25.9. The maximum absolute atomic E-state index is 13.5. The van der Waals surface area contributed by atoms with Crippen LogP contribution in [0.1, 0.15) is 51.3 Å². The van der Waals surface area contributed by atoms with Crippen molar-refractivity contribution < 1.29 is 19.1 Å². The predicted molar refractivity (Wildman–Crippen MR) is 140 cm³/mol. The van der Waals surface area contributed by atoms with E-state index in [2.05, 4.69) is 10.3 Å². The second-order valence-corrected chi connectivity index (χ2v) is 10.3. The minimum absolute atomic E-state index is 0.124. The second-order valence-electron chi connectivity index (χ2n) is 9.45. The number of carbonyl (C=O) groups is 2. The number of benzene rings is 1. The Balaban J connectivity index is 1.66. The van der Waals surface area contributed by atoms with Crippen molar-refractivity contribution in [2.45, 2.75) is 52.3 Å². The van der Waals surface area contributed by atoms with E-state index in [1.54, 1.807) is 19.5 Å². The number of thioether (sulfide) groups is 1. The summed E-state index contributed by atoms with van der Waals surface area (Å²) in [5, 5.41) is 5.56. The van der Waals surface area contributed by atoms with Crippen molar-refractivity contribution in [3.63, 3.8) is 0 Å². The molecule has 0 saturated carbocycles. The molecular weight excluding hydrogens is 476 g/mol. The topological polar surface area (TPSA) is 93.1 Å². The smallest absolute Gasteiger partial charge is 0.338 e. The Morgan fingerprint density at radius 2 is 1.94 bits per heavy atom. The molecule has 4 rings (SSSR count). The van der Waals surface area contributed by atoms with Crippen LogP contribution in [-0.2, 0) is 20.9 Å². The van der Waals surface area contributed by atoms with Crippen molar-refractivity contribution in [3.05, 3.63) is 82.3 Å². The first-order valence-corrected chi connectivity index (χ1v) is 12.5. The normalized spacial score (nSPS) is 17.2. The van der Waals surface area contributed by atoms with Gasteiger partial charge in [0.05, 0.1) is 30.8 Å². The van der Waals surface area contributed by atoms with Crippen LogP contribution in [0.2, 0.25) is 0 Å². The summed E-state index contributed by atoms with van der Waals surface area (Å²) in [5.41, 5.74) is 2.77. The lowest BCUT2D eigenvalue weighted by molar-refractivity contribution is -0.150. The molecule has 0 radical (unpaired) electrons. The lowest BCUT2D eigenvalue weighted by Gasteiger charge is -2.37. The number of amides is 1. The molecule has 188 valence electrons. The summed E-state index contributed by atoms with van der Waals surface area (Å²) < 4.78 is 11.4. The molecule has 0 spiro atoms. The van der Waals surface area contributed by atoms with E-state index in [-0.39, 0.29) is 12.3 Å². The van der Waals surface area contributed by atoms with Crippen LogP contribution in [0.25, 0.3) is 0 Å². The van der Waals surface area contributed by atoms with Gasteiger partial charge in [-0.05, 0) is 50.8 Å². The molecule has 1 aromatic heterocycles. The van der Waals surface area contributed by atoms with E-state index in [9.17, 15) is 9.59 Å². The number of pyridine rings is 1. The van der Waals surface area contributed by atoms with Gasteiger partial charge >= 0.3 is 5.97 Å². The maximum Gasteiger partial charge on any atom is 0.338 e. The molecule has 0 aliphatic carbocycles. The Labute approximate surface area is 215 Å². The first-order valence-electron chi connectivity index (χ1n) is 11.6. The third kappa shape index (κ3) is 5.62. The first kappa shape index (κ1) is 25.5. The second kappa shape index (κ2) is 10.6.